The number of methoxy groups -OCH3 is 2. The van der Waals surface area contributed by atoms with Gasteiger partial charge in [0.05, 0.1) is 45.7 Å². The minimum atomic E-state index is -0.498. The van der Waals surface area contributed by atoms with Crippen molar-refractivity contribution in [3.05, 3.63) is 59.4 Å². The molecule has 3 aliphatic heterocycles. The topological polar surface area (TPSA) is 72.8 Å². The maximum atomic E-state index is 14.6. The Balaban J connectivity index is 1.39. The van der Waals surface area contributed by atoms with Gasteiger partial charge in [0.15, 0.2) is 5.79 Å². The zero-order chi connectivity index (χ0) is 24.4. The Labute approximate surface area is 204 Å². The number of hydrazone groups is 1. The number of halogens is 1. The molecule has 0 aromatic heterocycles. The number of ether oxygens (including phenoxy) is 4. The van der Waals surface area contributed by atoms with Crippen LogP contribution in [0.3, 0.4) is 0 Å². The fraction of sp³-hybridized carbons (Fsp3) is 0.462. The highest BCUT2D eigenvalue weighted by Gasteiger charge is 2.41. The lowest BCUT2D eigenvalue weighted by Crippen LogP contribution is -2.48. The first-order chi connectivity index (χ1) is 17.0. The Bertz CT molecular complexity index is 1110. The van der Waals surface area contributed by atoms with Gasteiger partial charge in [0.2, 0.25) is 0 Å². The Morgan fingerprint density at radius 3 is 2.54 bits per heavy atom. The van der Waals surface area contributed by atoms with Crippen LogP contribution in [0.4, 0.5) is 4.39 Å². The van der Waals surface area contributed by atoms with Gasteiger partial charge in [0, 0.05) is 49.5 Å². The van der Waals surface area contributed by atoms with Crippen LogP contribution in [-0.4, -0.2) is 74.4 Å². The molecule has 9 heteroatoms. The predicted molar refractivity (Wildman–Crippen MR) is 127 cm³/mol. The molecule has 186 valence electrons. The summed E-state index contributed by atoms with van der Waals surface area (Å²) in [7, 11) is 3.17. The van der Waals surface area contributed by atoms with Crippen LogP contribution >= 0.6 is 0 Å². The molecule has 0 saturated carbocycles. The van der Waals surface area contributed by atoms with E-state index >= 15 is 0 Å². The van der Waals surface area contributed by atoms with Crippen LogP contribution in [0.1, 0.15) is 36.4 Å². The largest absolute Gasteiger partial charge is 0.497 e. The highest BCUT2D eigenvalue weighted by molar-refractivity contribution is 6.03. The second-order valence-electron chi connectivity index (χ2n) is 8.98. The molecule has 0 aliphatic carbocycles. The molecule has 2 saturated heterocycles. The van der Waals surface area contributed by atoms with Crippen LogP contribution in [0, 0.1) is 5.82 Å². The highest BCUT2D eigenvalue weighted by atomic mass is 19.1. The van der Waals surface area contributed by atoms with E-state index in [1.54, 1.807) is 38.5 Å². The van der Waals surface area contributed by atoms with Crippen molar-refractivity contribution in [1.29, 1.82) is 0 Å². The number of piperidine rings is 1. The Kier molecular flexibility index (Phi) is 6.73. The maximum absolute atomic E-state index is 14.6. The van der Waals surface area contributed by atoms with Crippen molar-refractivity contribution in [2.24, 2.45) is 5.10 Å². The highest BCUT2D eigenvalue weighted by Crippen LogP contribution is 2.39. The molecule has 3 heterocycles. The fourth-order valence-corrected chi connectivity index (χ4v) is 5.04. The Morgan fingerprint density at radius 2 is 1.86 bits per heavy atom. The van der Waals surface area contributed by atoms with E-state index < -0.39 is 11.8 Å². The number of benzene rings is 2. The normalized spacial score (nSPS) is 21.9. The molecule has 1 spiro atoms. The fourth-order valence-electron chi connectivity index (χ4n) is 5.04. The van der Waals surface area contributed by atoms with Gasteiger partial charge in [-0.25, -0.2) is 9.40 Å². The summed E-state index contributed by atoms with van der Waals surface area (Å²) in [6.07, 6.45) is 1.82. The molecule has 35 heavy (non-hydrogen) atoms. The molecule has 1 unspecified atom stereocenters. The predicted octanol–water partition coefficient (Wildman–Crippen LogP) is 3.36. The third-order valence-corrected chi connectivity index (χ3v) is 6.94. The Morgan fingerprint density at radius 1 is 1.11 bits per heavy atom. The zero-order valence-corrected chi connectivity index (χ0v) is 20.0. The number of carbonyl (C=O) groups is 1. The molecule has 2 aromatic rings. The van der Waals surface area contributed by atoms with Crippen molar-refractivity contribution >= 4 is 11.6 Å². The second kappa shape index (κ2) is 9.93. The van der Waals surface area contributed by atoms with E-state index in [-0.39, 0.29) is 18.3 Å². The van der Waals surface area contributed by atoms with E-state index in [0.717, 1.165) is 18.4 Å². The van der Waals surface area contributed by atoms with Crippen LogP contribution in [0.15, 0.2) is 47.6 Å². The molecule has 0 radical (unpaired) electrons. The van der Waals surface area contributed by atoms with E-state index in [1.807, 2.05) is 12.1 Å². The third-order valence-electron chi connectivity index (χ3n) is 6.94. The van der Waals surface area contributed by atoms with Gasteiger partial charge in [-0.05, 0) is 18.2 Å². The number of likely N-dealkylation sites (tertiary alicyclic amines) is 1. The lowest BCUT2D eigenvalue weighted by molar-refractivity contribution is -0.186. The first kappa shape index (κ1) is 23.7. The molecule has 0 N–H and O–H groups in total. The van der Waals surface area contributed by atoms with Crippen molar-refractivity contribution in [3.63, 3.8) is 0 Å². The molecule has 2 fully saturated rings. The number of hydrogen-bond acceptors (Lipinski definition) is 7. The number of amides is 1. The van der Waals surface area contributed by atoms with E-state index in [2.05, 4.69) is 10.0 Å². The summed E-state index contributed by atoms with van der Waals surface area (Å²) in [6, 6.07) is 11.6. The smallest absolute Gasteiger partial charge is 0.257 e. The summed E-state index contributed by atoms with van der Waals surface area (Å²) >= 11 is 0. The number of carbonyl (C=O) groups excluding carboxylic acids is 1. The molecule has 1 amide bonds. The average Bonchev–Trinajstić information content (AvgIpc) is 3.53. The molecule has 5 rings (SSSR count). The molecule has 3 aliphatic rings. The molecule has 1 atom stereocenters. The summed E-state index contributed by atoms with van der Waals surface area (Å²) < 4.78 is 37.2. The average molecular weight is 484 g/mol. The summed E-state index contributed by atoms with van der Waals surface area (Å²) in [4.78, 5) is 15.6. The van der Waals surface area contributed by atoms with Gasteiger partial charge in [0.25, 0.3) is 5.91 Å². The minimum absolute atomic E-state index is 0.150. The lowest BCUT2D eigenvalue weighted by atomic mass is 9.97. The first-order valence-electron chi connectivity index (χ1n) is 11.9. The molecule has 0 bridgehead atoms. The standard InChI is InChI=1S/C26H30FN3O5/c1-32-18-7-8-20(24(15-18)33-2)23-16-22(19-5-3-4-6-21(19)27)28-30(23)25(31)17-29-11-9-26(10-12-29)34-13-14-35-26/h3-8,15,23H,9-14,16-17H2,1-2H3. The number of hydrogen-bond donors (Lipinski definition) is 0. The van der Waals surface area contributed by atoms with Crippen LogP contribution in [-0.2, 0) is 14.3 Å². The van der Waals surface area contributed by atoms with Gasteiger partial charge in [0.1, 0.15) is 17.3 Å². The molecule has 8 nitrogen and oxygen atoms in total. The summed E-state index contributed by atoms with van der Waals surface area (Å²) in [5.74, 6) is 0.229. The second-order valence-corrected chi connectivity index (χ2v) is 8.98. The summed E-state index contributed by atoms with van der Waals surface area (Å²) in [5.41, 5.74) is 1.72. The quantitative estimate of drug-likeness (QED) is 0.628. The first-order valence-corrected chi connectivity index (χ1v) is 11.9. The molecule has 2 aromatic carbocycles. The maximum Gasteiger partial charge on any atom is 0.257 e. The van der Waals surface area contributed by atoms with E-state index in [9.17, 15) is 9.18 Å². The monoisotopic (exact) mass is 483 g/mol. The van der Waals surface area contributed by atoms with Crippen LogP contribution in [0.25, 0.3) is 0 Å². The van der Waals surface area contributed by atoms with Gasteiger partial charge in [-0.1, -0.05) is 18.2 Å². The lowest BCUT2D eigenvalue weighted by Gasteiger charge is -2.37. The van der Waals surface area contributed by atoms with Crippen molar-refractivity contribution in [3.8, 4) is 11.5 Å². The minimum Gasteiger partial charge on any atom is -0.497 e. The van der Waals surface area contributed by atoms with E-state index in [1.165, 1.54) is 11.1 Å². The summed E-state index contributed by atoms with van der Waals surface area (Å²) in [5, 5.41) is 6.11. The Hall–Kier alpha value is -3.01. The van der Waals surface area contributed by atoms with Crippen LogP contribution in [0.2, 0.25) is 0 Å². The van der Waals surface area contributed by atoms with Crippen molar-refractivity contribution < 1.29 is 28.1 Å². The zero-order valence-electron chi connectivity index (χ0n) is 20.0. The van der Waals surface area contributed by atoms with Crippen molar-refractivity contribution in [2.75, 3.05) is 47.1 Å². The molecular formula is C26H30FN3O5. The molecular weight excluding hydrogens is 453 g/mol. The summed E-state index contributed by atoms with van der Waals surface area (Å²) in [6.45, 7) is 2.83. The van der Waals surface area contributed by atoms with Crippen LogP contribution < -0.4 is 9.47 Å². The van der Waals surface area contributed by atoms with E-state index in [4.69, 9.17) is 18.9 Å². The van der Waals surface area contributed by atoms with Gasteiger partial charge in [-0.2, -0.15) is 5.10 Å². The van der Waals surface area contributed by atoms with Crippen molar-refractivity contribution in [1.82, 2.24) is 9.91 Å². The third kappa shape index (κ3) is 4.76. The van der Waals surface area contributed by atoms with Gasteiger partial charge in [-0.3, -0.25) is 9.69 Å². The SMILES string of the molecule is COc1ccc(C2CC(c3ccccc3F)=NN2C(=O)CN2CCC3(CC2)OCCO3)c(OC)c1. The van der Waals surface area contributed by atoms with Gasteiger partial charge >= 0.3 is 0 Å². The van der Waals surface area contributed by atoms with Crippen LogP contribution in [0.5, 0.6) is 11.5 Å². The number of nitrogens with zero attached hydrogens (tertiary/aromatic N) is 3. The van der Waals surface area contributed by atoms with Crippen molar-refractivity contribution in [2.45, 2.75) is 31.1 Å². The van der Waals surface area contributed by atoms with Gasteiger partial charge < -0.3 is 18.9 Å². The van der Waals surface area contributed by atoms with E-state index in [0.29, 0.717) is 55.5 Å². The van der Waals surface area contributed by atoms with Gasteiger partial charge in [-0.15, -0.1) is 0 Å². The number of rotatable bonds is 6.